The molecule has 3 aromatic carbocycles. The Morgan fingerprint density at radius 2 is 1.62 bits per heavy atom. The Morgan fingerprint density at radius 3 is 2.38 bits per heavy atom. The second-order valence-electron chi connectivity index (χ2n) is 8.00. The number of para-hydroxylation sites is 1. The molecule has 1 heterocycles. The van der Waals surface area contributed by atoms with E-state index in [0.717, 1.165) is 34.1 Å². The van der Waals surface area contributed by atoms with E-state index in [2.05, 4.69) is 15.8 Å². The third-order valence-corrected chi connectivity index (χ3v) is 6.25. The van der Waals surface area contributed by atoms with Crippen LogP contribution in [0.15, 0.2) is 76.7 Å². The third-order valence-electron chi connectivity index (χ3n) is 5.31. The number of amides is 2. The minimum absolute atomic E-state index is 0.0379. The minimum atomic E-state index is -0.416. The van der Waals surface area contributed by atoms with Gasteiger partial charge < -0.3 is 0 Å². The normalized spacial score (nSPS) is 10.8. The van der Waals surface area contributed by atoms with Crippen LogP contribution in [0.5, 0.6) is 0 Å². The van der Waals surface area contributed by atoms with Gasteiger partial charge in [-0.25, -0.2) is 4.98 Å². The number of nitrogens with zero attached hydrogens (tertiary/aromatic N) is 2. The van der Waals surface area contributed by atoms with Crippen LogP contribution < -0.4 is 16.4 Å². The van der Waals surface area contributed by atoms with E-state index < -0.39 is 11.8 Å². The second kappa shape index (κ2) is 9.93. The molecule has 172 valence electrons. The average molecular weight is 473 g/mol. The summed E-state index contributed by atoms with van der Waals surface area (Å²) in [5.41, 5.74) is 9.33. The number of nitrogens with one attached hydrogen (secondary N) is 2. The number of carbonyl (C=O) groups is 2. The molecule has 34 heavy (non-hydrogen) atoms. The van der Waals surface area contributed by atoms with Gasteiger partial charge in [-0.2, -0.15) is 0 Å². The Bertz CT molecular complexity index is 1450. The highest BCUT2D eigenvalue weighted by atomic mass is 32.2. The van der Waals surface area contributed by atoms with Gasteiger partial charge in [-0.1, -0.05) is 53.7 Å². The molecule has 4 aromatic rings. The number of aryl methyl sites for hydroxylation is 3. The topological polar surface area (TPSA) is 93.1 Å². The first-order valence-corrected chi connectivity index (χ1v) is 11.7. The minimum Gasteiger partial charge on any atom is -0.272 e. The molecule has 0 fully saturated rings. The summed E-state index contributed by atoms with van der Waals surface area (Å²) >= 11 is 1.13. The van der Waals surface area contributed by atoms with Crippen LogP contribution in [0.2, 0.25) is 0 Å². The Hall–Kier alpha value is -3.91. The number of benzene rings is 3. The summed E-state index contributed by atoms with van der Waals surface area (Å²) in [4.78, 5) is 42.8. The molecule has 1 aromatic heterocycles. The van der Waals surface area contributed by atoms with E-state index in [4.69, 9.17) is 0 Å². The quantitative estimate of drug-likeness (QED) is 0.261. The Balaban J connectivity index is 1.57. The third kappa shape index (κ3) is 5.02. The van der Waals surface area contributed by atoms with Crippen LogP contribution >= 0.6 is 11.8 Å². The molecule has 0 saturated carbocycles. The van der Waals surface area contributed by atoms with Gasteiger partial charge in [-0.05, 0) is 62.2 Å². The van der Waals surface area contributed by atoms with E-state index in [-0.39, 0.29) is 11.3 Å². The monoisotopic (exact) mass is 472 g/mol. The van der Waals surface area contributed by atoms with Gasteiger partial charge in [0.05, 0.1) is 22.3 Å². The molecule has 0 bridgehead atoms. The molecule has 7 nitrogen and oxygen atoms in total. The molecule has 0 saturated heterocycles. The number of rotatable bonds is 5. The van der Waals surface area contributed by atoms with Crippen molar-refractivity contribution in [1.82, 2.24) is 20.4 Å². The van der Waals surface area contributed by atoms with Crippen molar-refractivity contribution in [3.8, 4) is 5.69 Å². The summed E-state index contributed by atoms with van der Waals surface area (Å²) in [7, 11) is 0. The van der Waals surface area contributed by atoms with E-state index >= 15 is 0 Å². The average Bonchev–Trinajstić information content (AvgIpc) is 2.83. The maximum atomic E-state index is 13.4. The number of carbonyl (C=O) groups excluding carboxylic acids is 2. The first kappa shape index (κ1) is 23.3. The van der Waals surface area contributed by atoms with Crippen LogP contribution in [0.1, 0.15) is 27.0 Å². The highest BCUT2D eigenvalue weighted by Gasteiger charge is 2.16. The zero-order chi connectivity index (χ0) is 24.2. The van der Waals surface area contributed by atoms with Crippen molar-refractivity contribution in [3.05, 3.63) is 99.3 Å². The lowest BCUT2D eigenvalue weighted by molar-refractivity contribution is -0.119. The van der Waals surface area contributed by atoms with E-state index in [0.29, 0.717) is 21.6 Å². The maximum Gasteiger partial charge on any atom is 0.269 e. The van der Waals surface area contributed by atoms with Crippen molar-refractivity contribution in [2.75, 3.05) is 5.75 Å². The van der Waals surface area contributed by atoms with Gasteiger partial charge in [0.2, 0.25) is 5.91 Å². The first-order valence-electron chi connectivity index (χ1n) is 10.7. The molecular formula is C26H24N4O3S. The van der Waals surface area contributed by atoms with Crippen molar-refractivity contribution >= 4 is 34.5 Å². The summed E-state index contributed by atoms with van der Waals surface area (Å²) in [5, 5.41) is 0.903. The molecule has 8 heteroatoms. The highest BCUT2D eigenvalue weighted by molar-refractivity contribution is 7.99. The van der Waals surface area contributed by atoms with E-state index in [1.165, 1.54) is 0 Å². The van der Waals surface area contributed by atoms with E-state index in [9.17, 15) is 14.4 Å². The van der Waals surface area contributed by atoms with Gasteiger partial charge >= 0.3 is 0 Å². The van der Waals surface area contributed by atoms with Gasteiger partial charge in [-0.15, -0.1) is 0 Å². The van der Waals surface area contributed by atoms with E-state index in [1.807, 2.05) is 57.2 Å². The second-order valence-corrected chi connectivity index (χ2v) is 8.94. The number of hydrogen-bond donors (Lipinski definition) is 2. The summed E-state index contributed by atoms with van der Waals surface area (Å²) in [5.74, 6) is -0.862. The molecule has 2 N–H and O–H groups in total. The van der Waals surface area contributed by atoms with Crippen LogP contribution in [0.25, 0.3) is 16.6 Å². The van der Waals surface area contributed by atoms with Crippen molar-refractivity contribution in [1.29, 1.82) is 0 Å². The molecule has 0 radical (unpaired) electrons. The maximum absolute atomic E-state index is 13.4. The molecule has 4 rings (SSSR count). The summed E-state index contributed by atoms with van der Waals surface area (Å²) < 4.78 is 1.55. The molecule has 0 aliphatic carbocycles. The zero-order valence-corrected chi connectivity index (χ0v) is 19.9. The number of thioether (sulfide) groups is 1. The van der Waals surface area contributed by atoms with Gasteiger partial charge in [-0.3, -0.25) is 29.8 Å². The largest absolute Gasteiger partial charge is 0.272 e. The molecular weight excluding hydrogens is 448 g/mol. The molecule has 0 unspecified atom stereocenters. The van der Waals surface area contributed by atoms with Crippen molar-refractivity contribution in [3.63, 3.8) is 0 Å². The van der Waals surface area contributed by atoms with Crippen molar-refractivity contribution in [2.45, 2.75) is 25.9 Å². The molecule has 0 aliphatic rings. The standard InChI is InChI=1S/C26H24N4O3S/c1-16-9-12-19(13-10-16)24(32)29-28-23(31)15-34-26-27-21-7-5-4-6-20(21)25(33)30(26)22-14-17(2)8-11-18(22)3/h4-14H,15H2,1-3H3,(H,28,31)(H,29,32). The predicted octanol–water partition coefficient (Wildman–Crippen LogP) is 3.86. The highest BCUT2D eigenvalue weighted by Crippen LogP contribution is 2.23. The molecule has 2 amide bonds. The molecule has 0 spiro atoms. The SMILES string of the molecule is Cc1ccc(C(=O)NNC(=O)CSc2nc3ccccc3c(=O)n2-c2cc(C)ccc2C)cc1. The number of fused-ring (bicyclic) bond motifs is 1. The number of aromatic nitrogens is 2. The summed E-state index contributed by atoms with van der Waals surface area (Å²) in [6.45, 7) is 5.82. The molecule has 0 aliphatic heterocycles. The van der Waals surface area contributed by atoms with Crippen LogP contribution in [-0.2, 0) is 4.79 Å². The van der Waals surface area contributed by atoms with Gasteiger partial charge in [0.1, 0.15) is 0 Å². The van der Waals surface area contributed by atoms with E-state index in [1.54, 1.807) is 34.9 Å². The van der Waals surface area contributed by atoms with Gasteiger partial charge in [0.15, 0.2) is 5.16 Å². The van der Waals surface area contributed by atoms with Crippen LogP contribution in [0.4, 0.5) is 0 Å². The summed E-state index contributed by atoms with van der Waals surface area (Å²) in [6, 6.07) is 20.0. The van der Waals surface area contributed by atoms with Gasteiger partial charge in [0.25, 0.3) is 11.5 Å². The van der Waals surface area contributed by atoms with Crippen LogP contribution in [0.3, 0.4) is 0 Å². The van der Waals surface area contributed by atoms with Gasteiger partial charge in [0, 0.05) is 5.56 Å². The lowest BCUT2D eigenvalue weighted by Crippen LogP contribution is -2.42. The smallest absolute Gasteiger partial charge is 0.269 e. The van der Waals surface area contributed by atoms with Crippen LogP contribution in [0, 0.1) is 20.8 Å². The lowest BCUT2D eigenvalue weighted by Gasteiger charge is -2.16. The number of hydrazine groups is 1. The lowest BCUT2D eigenvalue weighted by atomic mass is 10.1. The zero-order valence-electron chi connectivity index (χ0n) is 19.1. The fourth-order valence-corrected chi connectivity index (χ4v) is 4.26. The van der Waals surface area contributed by atoms with Crippen molar-refractivity contribution < 1.29 is 9.59 Å². The van der Waals surface area contributed by atoms with Crippen molar-refractivity contribution in [2.24, 2.45) is 0 Å². The molecule has 0 atom stereocenters. The fourth-order valence-electron chi connectivity index (χ4n) is 3.45. The van der Waals surface area contributed by atoms with Crippen LogP contribution in [-0.4, -0.2) is 27.1 Å². The number of hydrogen-bond acceptors (Lipinski definition) is 5. The summed E-state index contributed by atoms with van der Waals surface area (Å²) in [6.07, 6.45) is 0. The Kier molecular flexibility index (Phi) is 6.79. The predicted molar refractivity (Wildman–Crippen MR) is 134 cm³/mol. The first-order chi connectivity index (χ1) is 16.3. The Labute approximate surface area is 201 Å². The fraction of sp³-hybridized carbons (Fsp3) is 0.154. The Morgan fingerprint density at radius 1 is 0.912 bits per heavy atom.